The van der Waals surface area contributed by atoms with Crippen molar-refractivity contribution in [1.82, 2.24) is 5.32 Å². The van der Waals surface area contributed by atoms with Crippen molar-refractivity contribution in [3.8, 4) is 5.75 Å². The first-order valence-corrected chi connectivity index (χ1v) is 13.0. The summed E-state index contributed by atoms with van der Waals surface area (Å²) in [5, 5.41) is 6.90. The van der Waals surface area contributed by atoms with E-state index in [1.807, 2.05) is 43.3 Å². The van der Waals surface area contributed by atoms with Crippen LogP contribution < -0.4 is 15.4 Å². The first kappa shape index (κ1) is 22.9. The van der Waals surface area contributed by atoms with E-state index < -0.39 is 0 Å². The predicted molar refractivity (Wildman–Crippen MR) is 136 cm³/mol. The zero-order valence-electron chi connectivity index (χ0n) is 20.0. The first-order valence-electron chi connectivity index (χ1n) is 12.2. The summed E-state index contributed by atoms with van der Waals surface area (Å²) in [7, 11) is 0. The normalized spacial score (nSPS) is 32.1. The van der Waals surface area contributed by atoms with Gasteiger partial charge in [0.15, 0.2) is 6.61 Å². The topological polar surface area (TPSA) is 50.4 Å². The lowest BCUT2D eigenvalue weighted by Crippen LogP contribution is -2.63. The van der Waals surface area contributed by atoms with Crippen LogP contribution in [0, 0.1) is 23.7 Å². The quantitative estimate of drug-likeness (QED) is 0.440. The Balaban J connectivity index is 1.24. The highest BCUT2D eigenvalue weighted by atomic mass is 79.9. The van der Waals surface area contributed by atoms with Gasteiger partial charge in [0.1, 0.15) is 5.75 Å². The van der Waals surface area contributed by atoms with Gasteiger partial charge in [0.25, 0.3) is 5.91 Å². The molecule has 2 aromatic carbocycles. The van der Waals surface area contributed by atoms with Crippen LogP contribution in [0.4, 0.5) is 5.69 Å². The molecular formula is C28H35BrN2O2. The van der Waals surface area contributed by atoms with E-state index in [0.717, 1.165) is 33.9 Å². The van der Waals surface area contributed by atoms with E-state index in [-0.39, 0.29) is 18.1 Å². The highest BCUT2D eigenvalue weighted by molar-refractivity contribution is 9.10. The second-order valence-corrected chi connectivity index (χ2v) is 12.6. The summed E-state index contributed by atoms with van der Waals surface area (Å²) in [5.41, 5.74) is 4.23. The summed E-state index contributed by atoms with van der Waals surface area (Å²) < 4.78 is 7.02. The molecule has 2 atom stereocenters. The fourth-order valence-electron chi connectivity index (χ4n) is 7.73. The van der Waals surface area contributed by atoms with E-state index in [2.05, 4.69) is 46.5 Å². The van der Waals surface area contributed by atoms with Crippen molar-refractivity contribution in [2.75, 3.05) is 11.9 Å². The molecule has 1 amide bonds. The van der Waals surface area contributed by atoms with Crippen LogP contribution in [-0.4, -0.2) is 18.1 Å². The summed E-state index contributed by atoms with van der Waals surface area (Å²) in [4.78, 5) is 12.4. The summed E-state index contributed by atoms with van der Waals surface area (Å²) in [6, 6.07) is 13.8. The van der Waals surface area contributed by atoms with Crippen LogP contribution in [0.25, 0.3) is 0 Å². The third-order valence-electron chi connectivity index (χ3n) is 8.00. The van der Waals surface area contributed by atoms with Crippen LogP contribution in [-0.2, 0) is 11.3 Å². The first-order chi connectivity index (χ1) is 15.6. The second kappa shape index (κ2) is 8.42. The predicted octanol–water partition coefficient (Wildman–Crippen LogP) is 6.61. The van der Waals surface area contributed by atoms with Crippen molar-refractivity contribution < 1.29 is 9.53 Å². The van der Waals surface area contributed by atoms with Crippen LogP contribution in [0.15, 0.2) is 46.9 Å². The van der Waals surface area contributed by atoms with Gasteiger partial charge < -0.3 is 15.4 Å². The molecule has 0 heterocycles. The van der Waals surface area contributed by atoms with Crippen LogP contribution in [0.5, 0.6) is 5.75 Å². The minimum absolute atomic E-state index is 0.00807. The summed E-state index contributed by atoms with van der Waals surface area (Å²) in [5.74, 6) is 1.47. The second-order valence-electron chi connectivity index (χ2n) is 11.7. The molecule has 4 aliphatic carbocycles. The number of carbonyl (C=O) groups excluding carboxylic acids is 1. The van der Waals surface area contributed by atoms with Gasteiger partial charge in [0.2, 0.25) is 0 Å². The lowest BCUT2D eigenvalue weighted by atomic mass is 9.43. The van der Waals surface area contributed by atoms with Crippen molar-refractivity contribution in [1.29, 1.82) is 0 Å². The van der Waals surface area contributed by atoms with Gasteiger partial charge in [-0.15, -0.1) is 0 Å². The van der Waals surface area contributed by atoms with Crippen molar-refractivity contribution in [2.45, 2.75) is 71.4 Å². The Labute approximate surface area is 206 Å². The highest BCUT2D eigenvalue weighted by Gasteiger charge is 2.59. The zero-order valence-corrected chi connectivity index (χ0v) is 21.6. The minimum Gasteiger partial charge on any atom is -0.483 e. The van der Waals surface area contributed by atoms with Gasteiger partial charge in [-0.05, 0) is 92.5 Å². The van der Waals surface area contributed by atoms with Crippen molar-refractivity contribution in [2.24, 2.45) is 16.7 Å². The Morgan fingerprint density at radius 3 is 2.39 bits per heavy atom. The van der Waals surface area contributed by atoms with Crippen LogP contribution in [0.3, 0.4) is 0 Å². The Hall–Kier alpha value is -1.85. The zero-order chi connectivity index (χ0) is 23.3. The summed E-state index contributed by atoms with van der Waals surface area (Å²) in [6.45, 7) is 7.79. The Morgan fingerprint density at radius 1 is 1.03 bits per heavy atom. The fraction of sp³-hybridized carbons (Fsp3) is 0.536. The maximum Gasteiger partial charge on any atom is 0.262 e. The molecule has 4 fully saturated rings. The van der Waals surface area contributed by atoms with Gasteiger partial charge in [-0.1, -0.05) is 47.5 Å². The van der Waals surface area contributed by atoms with Crippen LogP contribution in [0.1, 0.15) is 63.5 Å². The standard InChI is InChI=1S/C28H35BrN2O2/c1-19-4-7-23(8-5-19)31-25(32)15-33-24-9-6-22(29)10-21(24)14-30-28-13-20-11-26(2,17-28)16-27(3,12-20)18-28/h4-10,20,30H,11-18H2,1-3H3,(H,31,32). The largest absolute Gasteiger partial charge is 0.483 e. The smallest absolute Gasteiger partial charge is 0.262 e. The molecule has 2 aromatic rings. The third kappa shape index (κ3) is 5.00. The van der Waals surface area contributed by atoms with Gasteiger partial charge in [-0.2, -0.15) is 0 Å². The van der Waals surface area contributed by atoms with Gasteiger partial charge in [0, 0.05) is 27.8 Å². The number of rotatable bonds is 7. The molecule has 4 saturated carbocycles. The molecule has 0 radical (unpaired) electrons. The van der Waals surface area contributed by atoms with E-state index >= 15 is 0 Å². The lowest BCUT2D eigenvalue weighted by molar-refractivity contribution is -0.119. The van der Waals surface area contributed by atoms with Gasteiger partial charge >= 0.3 is 0 Å². The average molecular weight is 512 g/mol. The summed E-state index contributed by atoms with van der Waals surface area (Å²) >= 11 is 3.61. The number of amides is 1. The summed E-state index contributed by atoms with van der Waals surface area (Å²) in [6.07, 6.45) is 8.01. The number of hydrogen-bond donors (Lipinski definition) is 2. The van der Waals surface area contributed by atoms with E-state index in [1.54, 1.807) is 0 Å². The molecule has 0 spiro atoms. The van der Waals surface area contributed by atoms with E-state index in [1.165, 1.54) is 44.1 Å². The van der Waals surface area contributed by atoms with Crippen LogP contribution in [0.2, 0.25) is 0 Å². The van der Waals surface area contributed by atoms with E-state index in [0.29, 0.717) is 10.8 Å². The molecule has 0 aromatic heterocycles. The third-order valence-corrected chi connectivity index (χ3v) is 8.49. The highest BCUT2D eigenvalue weighted by Crippen LogP contribution is 2.66. The fourth-order valence-corrected chi connectivity index (χ4v) is 8.14. The number of hydrogen-bond acceptors (Lipinski definition) is 3. The molecule has 176 valence electrons. The Bertz CT molecular complexity index is 1030. The molecule has 6 rings (SSSR count). The maximum atomic E-state index is 12.4. The van der Waals surface area contributed by atoms with Crippen molar-refractivity contribution in [3.63, 3.8) is 0 Å². The number of anilines is 1. The van der Waals surface area contributed by atoms with Gasteiger partial charge in [-0.25, -0.2) is 0 Å². The molecule has 4 nitrogen and oxygen atoms in total. The van der Waals surface area contributed by atoms with Crippen molar-refractivity contribution in [3.05, 3.63) is 58.1 Å². The van der Waals surface area contributed by atoms with E-state index in [9.17, 15) is 4.79 Å². The molecular weight excluding hydrogens is 476 g/mol. The number of nitrogens with one attached hydrogen (secondary N) is 2. The number of carbonyl (C=O) groups is 1. The molecule has 2 N–H and O–H groups in total. The maximum absolute atomic E-state index is 12.4. The molecule has 33 heavy (non-hydrogen) atoms. The number of ether oxygens (including phenoxy) is 1. The SMILES string of the molecule is Cc1ccc(NC(=O)COc2ccc(Br)cc2CNC23CC4CC(C)(CC(C)(C4)C2)C3)cc1. The molecule has 0 aliphatic heterocycles. The molecule has 2 unspecified atom stereocenters. The molecule has 0 saturated heterocycles. The van der Waals surface area contributed by atoms with Crippen molar-refractivity contribution >= 4 is 27.5 Å². The molecule has 4 bridgehead atoms. The van der Waals surface area contributed by atoms with Gasteiger partial charge in [0.05, 0.1) is 0 Å². The molecule has 5 heteroatoms. The molecule has 4 aliphatic rings. The Morgan fingerprint density at radius 2 is 1.73 bits per heavy atom. The number of halogens is 1. The number of benzene rings is 2. The van der Waals surface area contributed by atoms with Crippen LogP contribution >= 0.6 is 15.9 Å². The van der Waals surface area contributed by atoms with E-state index in [4.69, 9.17) is 4.74 Å². The Kier molecular flexibility index (Phi) is 5.85. The minimum atomic E-state index is -0.150. The average Bonchev–Trinajstić information content (AvgIpc) is 2.71. The monoisotopic (exact) mass is 510 g/mol. The van der Waals surface area contributed by atoms with Gasteiger partial charge in [-0.3, -0.25) is 4.79 Å². The lowest BCUT2D eigenvalue weighted by Gasteiger charge is -2.65. The number of aryl methyl sites for hydroxylation is 1.